The Balaban J connectivity index is 2.84. The summed E-state index contributed by atoms with van der Waals surface area (Å²) in [5.41, 5.74) is 0. The molecule has 1 aliphatic heterocycles. The highest BCUT2D eigenvalue weighted by Crippen LogP contribution is 2.14. The number of hydrogen-bond donors (Lipinski definition) is 1. The molecule has 2 atom stereocenters. The van der Waals surface area contributed by atoms with Crippen LogP contribution in [-0.4, -0.2) is 35.3 Å². The summed E-state index contributed by atoms with van der Waals surface area (Å²) in [7, 11) is 0. The van der Waals surface area contributed by atoms with Gasteiger partial charge in [0, 0.05) is 6.54 Å². The fourth-order valence-corrected chi connectivity index (χ4v) is 1.83. The molecular weight excluding hydrogens is 192 g/mol. The van der Waals surface area contributed by atoms with Crippen LogP contribution in [0.2, 0.25) is 0 Å². The third-order valence-corrected chi connectivity index (χ3v) is 2.58. The van der Waals surface area contributed by atoms with Crippen molar-refractivity contribution in [3.63, 3.8) is 0 Å². The van der Waals surface area contributed by atoms with E-state index < -0.39 is 6.04 Å². The van der Waals surface area contributed by atoms with E-state index in [1.165, 1.54) is 0 Å². The van der Waals surface area contributed by atoms with Gasteiger partial charge in [0.25, 0.3) is 0 Å². The number of carbonyl (C=O) groups excluding carboxylic acids is 2. The van der Waals surface area contributed by atoms with Gasteiger partial charge in [0.2, 0.25) is 11.8 Å². The summed E-state index contributed by atoms with van der Waals surface area (Å²) >= 11 is 0. The van der Waals surface area contributed by atoms with Gasteiger partial charge in [0.05, 0.1) is 0 Å². The molecule has 1 rings (SSSR count). The minimum atomic E-state index is -0.412. The van der Waals surface area contributed by atoms with Crippen LogP contribution < -0.4 is 5.32 Å². The quantitative estimate of drug-likeness (QED) is 0.694. The Labute approximate surface area is 90.3 Å². The third kappa shape index (κ3) is 2.37. The first kappa shape index (κ1) is 11.8. The molecule has 1 saturated heterocycles. The number of carbonyl (C=O) groups is 2. The molecule has 0 aromatic heterocycles. The van der Waals surface area contributed by atoms with Gasteiger partial charge in [0.15, 0.2) is 0 Å². The van der Waals surface area contributed by atoms with Gasteiger partial charge in [-0.2, -0.15) is 0 Å². The van der Waals surface area contributed by atoms with E-state index in [0.717, 1.165) is 6.42 Å². The predicted octanol–water partition coefficient (Wildman–Crippen LogP) is 0.688. The number of nitrogens with zero attached hydrogens (tertiary/aromatic N) is 1. The van der Waals surface area contributed by atoms with E-state index >= 15 is 0 Å². The van der Waals surface area contributed by atoms with Crippen molar-refractivity contribution < 1.29 is 9.59 Å². The van der Waals surface area contributed by atoms with Gasteiger partial charge in [-0.1, -0.05) is 19.4 Å². The lowest BCUT2D eigenvalue weighted by Crippen LogP contribution is -2.62. The van der Waals surface area contributed by atoms with Gasteiger partial charge < -0.3 is 10.2 Å². The van der Waals surface area contributed by atoms with Crippen LogP contribution in [0.4, 0.5) is 0 Å². The largest absolute Gasteiger partial charge is 0.343 e. The lowest BCUT2D eigenvalue weighted by atomic mass is 10.0. The number of amides is 2. The monoisotopic (exact) mass is 210 g/mol. The van der Waals surface area contributed by atoms with Crippen LogP contribution in [0.15, 0.2) is 12.7 Å². The topological polar surface area (TPSA) is 49.4 Å². The molecule has 0 aromatic carbocycles. The standard InChI is InChI=1S/C11H18N2O2/c1-4-6-9-10(14)12-8(3)11(15)13(9)7-5-2/h5,8-9H,2,4,6-7H2,1,3H3,(H,12,14). The summed E-state index contributed by atoms with van der Waals surface area (Å²) in [4.78, 5) is 25.1. The van der Waals surface area contributed by atoms with E-state index in [0.29, 0.717) is 13.0 Å². The van der Waals surface area contributed by atoms with Gasteiger partial charge in [-0.3, -0.25) is 9.59 Å². The fourth-order valence-electron chi connectivity index (χ4n) is 1.83. The maximum Gasteiger partial charge on any atom is 0.245 e. The smallest absolute Gasteiger partial charge is 0.245 e. The zero-order valence-electron chi connectivity index (χ0n) is 9.32. The SMILES string of the molecule is C=CCN1C(=O)C(C)NC(=O)C1CCC. The maximum absolute atomic E-state index is 11.8. The highest BCUT2D eigenvalue weighted by atomic mass is 16.2. The van der Waals surface area contributed by atoms with E-state index in [1.807, 2.05) is 6.92 Å². The van der Waals surface area contributed by atoms with Crippen LogP contribution in [0.5, 0.6) is 0 Å². The van der Waals surface area contributed by atoms with E-state index in [-0.39, 0.29) is 17.9 Å². The van der Waals surface area contributed by atoms with Crippen LogP contribution in [0.1, 0.15) is 26.7 Å². The van der Waals surface area contributed by atoms with Gasteiger partial charge in [-0.25, -0.2) is 0 Å². The molecule has 4 nitrogen and oxygen atoms in total. The van der Waals surface area contributed by atoms with Crippen molar-refractivity contribution in [1.29, 1.82) is 0 Å². The van der Waals surface area contributed by atoms with Crippen LogP contribution in [0.25, 0.3) is 0 Å². The molecule has 1 aliphatic rings. The van der Waals surface area contributed by atoms with E-state index in [4.69, 9.17) is 0 Å². The molecule has 0 saturated carbocycles. The summed E-state index contributed by atoms with van der Waals surface area (Å²) in [6, 6.07) is -0.734. The van der Waals surface area contributed by atoms with Gasteiger partial charge >= 0.3 is 0 Å². The zero-order chi connectivity index (χ0) is 11.4. The normalized spacial score (nSPS) is 26.4. The highest BCUT2D eigenvalue weighted by molar-refractivity contribution is 5.96. The van der Waals surface area contributed by atoms with E-state index in [1.54, 1.807) is 17.9 Å². The van der Waals surface area contributed by atoms with Gasteiger partial charge in [0.1, 0.15) is 12.1 Å². The molecule has 4 heteroatoms. The van der Waals surface area contributed by atoms with Crippen molar-refractivity contribution in [2.75, 3.05) is 6.54 Å². The lowest BCUT2D eigenvalue weighted by molar-refractivity contribution is -0.148. The molecule has 2 amide bonds. The summed E-state index contributed by atoms with van der Waals surface area (Å²) in [5.74, 6) is -0.0706. The minimum Gasteiger partial charge on any atom is -0.343 e. The molecule has 84 valence electrons. The molecular formula is C11H18N2O2. The van der Waals surface area contributed by atoms with Crippen LogP contribution >= 0.6 is 0 Å². The Morgan fingerprint density at radius 3 is 2.73 bits per heavy atom. The number of rotatable bonds is 4. The van der Waals surface area contributed by atoms with Crippen molar-refractivity contribution in [2.45, 2.75) is 38.8 Å². The Morgan fingerprint density at radius 1 is 1.53 bits per heavy atom. The molecule has 2 unspecified atom stereocenters. The molecule has 0 aromatic rings. The molecule has 0 radical (unpaired) electrons. The average Bonchev–Trinajstić information content (AvgIpc) is 2.20. The van der Waals surface area contributed by atoms with E-state index in [2.05, 4.69) is 11.9 Å². The van der Waals surface area contributed by atoms with Crippen molar-refractivity contribution in [1.82, 2.24) is 10.2 Å². The number of piperazine rings is 1. The second kappa shape index (κ2) is 4.96. The summed E-state index contributed by atoms with van der Waals surface area (Å²) in [5, 5.41) is 2.69. The molecule has 0 spiro atoms. The molecule has 0 bridgehead atoms. The predicted molar refractivity (Wildman–Crippen MR) is 58.2 cm³/mol. The molecule has 1 heterocycles. The first-order chi connectivity index (χ1) is 7.11. The fraction of sp³-hybridized carbons (Fsp3) is 0.636. The first-order valence-corrected chi connectivity index (χ1v) is 5.33. The van der Waals surface area contributed by atoms with Crippen molar-refractivity contribution in [3.8, 4) is 0 Å². The van der Waals surface area contributed by atoms with E-state index in [9.17, 15) is 9.59 Å². The summed E-state index contributed by atoms with van der Waals surface area (Å²) in [6.07, 6.45) is 3.25. The van der Waals surface area contributed by atoms with Crippen LogP contribution in [-0.2, 0) is 9.59 Å². The Bertz CT molecular complexity index is 276. The minimum absolute atomic E-state index is 0.0204. The summed E-state index contributed by atoms with van der Waals surface area (Å²) in [6.45, 7) is 7.76. The maximum atomic E-state index is 11.8. The summed E-state index contributed by atoms with van der Waals surface area (Å²) < 4.78 is 0. The van der Waals surface area contributed by atoms with Crippen LogP contribution in [0.3, 0.4) is 0 Å². The van der Waals surface area contributed by atoms with Gasteiger partial charge in [-0.15, -0.1) is 6.58 Å². The third-order valence-electron chi connectivity index (χ3n) is 2.58. The Kier molecular flexibility index (Phi) is 3.88. The van der Waals surface area contributed by atoms with Crippen molar-refractivity contribution >= 4 is 11.8 Å². The Hall–Kier alpha value is -1.32. The highest BCUT2D eigenvalue weighted by Gasteiger charge is 2.36. The van der Waals surface area contributed by atoms with Crippen LogP contribution in [0, 0.1) is 0 Å². The number of nitrogens with one attached hydrogen (secondary N) is 1. The lowest BCUT2D eigenvalue weighted by Gasteiger charge is -2.37. The van der Waals surface area contributed by atoms with Crippen molar-refractivity contribution in [3.05, 3.63) is 12.7 Å². The van der Waals surface area contributed by atoms with Gasteiger partial charge in [-0.05, 0) is 13.3 Å². The average molecular weight is 210 g/mol. The molecule has 0 aliphatic carbocycles. The first-order valence-electron chi connectivity index (χ1n) is 5.33. The molecule has 1 fully saturated rings. The van der Waals surface area contributed by atoms with Crippen molar-refractivity contribution in [2.24, 2.45) is 0 Å². The zero-order valence-corrected chi connectivity index (χ0v) is 9.32. The second-order valence-corrected chi connectivity index (χ2v) is 3.81. The molecule has 1 N–H and O–H groups in total. The number of hydrogen-bond acceptors (Lipinski definition) is 2. The molecule has 15 heavy (non-hydrogen) atoms. The second-order valence-electron chi connectivity index (χ2n) is 3.81. The Morgan fingerprint density at radius 2 is 2.20 bits per heavy atom.